The number of halogens is 1. The summed E-state index contributed by atoms with van der Waals surface area (Å²) in [5.74, 6) is 0.733. The van der Waals surface area contributed by atoms with Crippen LogP contribution in [0.4, 0.5) is 5.69 Å². The van der Waals surface area contributed by atoms with Crippen LogP contribution in [0.5, 0.6) is 11.5 Å². The lowest BCUT2D eigenvalue weighted by atomic mass is 10.1. The van der Waals surface area contributed by atoms with Gasteiger partial charge in [-0.1, -0.05) is 61.5 Å². The molecule has 186 valence electrons. The number of hydrogen-bond acceptors (Lipinski definition) is 4. The fourth-order valence-corrected chi connectivity index (χ4v) is 4.76. The van der Waals surface area contributed by atoms with Gasteiger partial charge in [0.15, 0.2) is 11.5 Å². The number of anilines is 1. The highest BCUT2D eigenvalue weighted by Gasteiger charge is 2.15. The lowest BCUT2D eigenvalue weighted by molar-refractivity contribution is -0.112. The Hall–Kier alpha value is -3.83. The second-order valence-corrected chi connectivity index (χ2v) is 9.53. The first kappa shape index (κ1) is 26.2. The van der Waals surface area contributed by atoms with Gasteiger partial charge in [0, 0.05) is 5.69 Å². The molecule has 0 heterocycles. The number of nitrogens with one attached hydrogen (secondary N) is 1. The van der Waals surface area contributed by atoms with E-state index >= 15 is 0 Å². The number of rotatable bonds is 9. The molecule has 0 bridgehead atoms. The number of carbonyl (C=O) groups excluding carboxylic acids is 1. The summed E-state index contributed by atoms with van der Waals surface area (Å²) in [6.45, 7) is 4.81. The zero-order valence-corrected chi connectivity index (χ0v) is 22.9. The third kappa shape index (κ3) is 6.49. The van der Waals surface area contributed by atoms with E-state index in [0.717, 1.165) is 26.3 Å². The monoisotopic (exact) mass is 602 g/mol. The summed E-state index contributed by atoms with van der Waals surface area (Å²) in [6, 6.07) is 27.6. The Labute approximate surface area is 230 Å². The van der Waals surface area contributed by atoms with Crippen molar-refractivity contribution in [3.05, 3.63) is 105 Å². The van der Waals surface area contributed by atoms with E-state index in [9.17, 15) is 10.1 Å². The number of ether oxygens (including phenoxy) is 2. The van der Waals surface area contributed by atoms with Crippen molar-refractivity contribution < 1.29 is 14.3 Å². The molecule has 0 fully saturated rings. The predicted molar refractivity (Wildman–Crippen MR) is 157 cm³/mol. The molecule has 1 amide bonds. The van der Waals surface area contributed by atoms with Gasteiger partial charge < -0.3 is 14.8 Å². The van der Waals surface area contributed by atoms with Crippen LogP contribution in [0, 0.1) is 14.9 Å². The summed E-state index contributed by atoms with van der Waals surface area (Å²) >= 11 is 2.20. The van der Waals surface area contributed by atoms with Crippen LogP contribution < -0.4 is 14.8 Å². The second kappa shape index (κ2) is 12.4. The fraction of sp³-hybridized carbons (Fsp3) is 0.161. The first-order valence-corrected chi connectivity index (χ1v) is 13.2. The minimum atomic E-state index is -0.462. The number of nitriles is 1. The van der Waals surface area contributed by atoms with Gasteiger partial charge >= 0.3 is 0 Å². The second-order valence-electron chi connectivity index (χ2n) is 8.36. The normalized spacial score (nSPS) is 11.1. The Morgan fingerprint density at radius 2 is 1.76 bits per heavy atom. The number of carbonyl (C=O) groups is 1. The van der Waals surface area contributed by atoms with Gasteiger partial charge in [-0.3, -0.25) is 4.79 Å². The molecule has 0 aliphatic carbocycles. The van der Waals surface area contributed by atoms with Gasteiger partial charge in [-0.05, 0) is 93.7 Å². The van der Waals surface area contributed by atoms with E-state index in [4.69, 9.17) is 9.47 Å². The van der Waals surface area contributed by atoms with Crippen molar-refractivity contribution in [1.82, 2.24) is 0 Å². The quantitative estimate of drug-likeness (QED) is 0.122. The third-order valence-electron chi connectivity index (χ3n) is 5.88. The molecule has 37 heavy (non-hydrogen) atoms. The van der Waals surface area contributed by atoms with E-state index < -0.39 is 5.91 Å². The van der Waals surface area contributed by atoms with Gasteiger partial charge in [-0.2, -0.15) is 5.26 Å². The van der Waals surface area contributed by atoms with Crippen molar-refractivity contribution in [2.45, 2.75) is 26.9 Å². The summed E-state index contributed by atoms with van der Waals surface area (Å²) in [5, 5.41) is 14.8. The van der Waals surface area contributed by atoms with E-state index in [1.165, 1.54) is 5.56 Å². The summed E-state index contributed by atoms with van der Waals surface area (Å²) < 4.78 is 13.0. The Kier molecular flexibility index (Phi) is 8.81. The number of fused-ring (bicyclic) bond motifs is 1. The minimum Gasteiger partial charge on any atom is -0.490 e. The molecule has 0 saturated heterocycles. The highest BCUT2D eigenvalue weighted by atomic mass is 127. The van der Waals surface area contributed by atoms with Crippen LogP contribution in [0.3, 0.4) is 0 Å². The SMILES string of the molecule is CCOc1cc(/C=C(/C#N)C(=O)Nc2ccc(CC)cc2)cc(I)c1OCc1cccc2ccccc12. The van der Waals surface area contributed by atoms with Crippen LogP contribution >= 0.6 is 22.6 Å². The third-order valence-corrected chi connectivity index (χ3v) is 6.68. The number of benzene rings is 4. The van der Waals surface area contributed by atoms with Crippen molar-refractivity contribution in [1.29, 1.82) is 5.26 Å². The lowest BCUT2D eigenvalue weighted by Gasteiger charge is -2.16. The Morgan fingerprint density at radius 1 is 1.00 bits per heavy atom. The van der Waals surface area contributed by atoms with Crippen LogP contribution in [0.25, 0.3) is 16.8 Å². The first-order valence-electron chi connectivity index (χ1n) is 12.1. The standard InChI is InChI=1S/C31H27IN2O3/c1-3-21-12-14-26(15-13-21)34-31(35)25(19-33)16-22-17-28(32)30(29(18-22)36-4-2)37-20-24-10-7-9-23-8-5-6-11-27(23)24/h5-18H,3-4,20H2,1-2H3,(H,34,35)/b25-16-. The average molecular weight is 602 g/mol. The van der Waals surface area contributed by atoms with Gasteiger partial charge in [0.25, 0.3) is 5.91 Å². The molecule has 0 spiro atoms. The Morgan fingerprint density at radius 3 is 2.49 bits per heavy atom. The van der Waals surface area contributed by atoms with E-state index in [2.05, 4.69) is 59.1 Å². The van der Waals surface area contributed by atoms with Crippen LogP contribution in [0.15, 0.2) is 84.4 Å². The average Bonchev–Trinajstić information content (AvgIpc) is 2.92. The zero-order valence-electron chi connectivity index (χ0n) is 20.8. The summed E-state index contributed by atoms with van der Waals surface area (Å²) in [7, 11) is 0. The smallest absolute Gasteiger partial charge is 0.266 e. The van der Waals surface area contributed by atoms with E-state index in [1.54, 1.807) is 12.1 Å². The van der Waals surface area contributed by atoms with Crippen molar-refractivity contribution in [3.63, 3.8) is 0 Å². The van der Waals surface area contributed by atoms with Crippen molar-refractivity contribution >= 4 is 51.0 Å². The maximum Gasteiger partial charge on any atom is 0.266 e. The number of nitrogens with zero attached hydrogens (tertiary/aromatic N) is 1. The number of hydrogen-bond donors (Lipinski definition) is 1. The van der Waals surface area contributed by atoms with Crippen molar-refractivity contribution in [2.75, 3.05) is 11.9 Å². The minimum absolute atomic E-state index is 0.00207. The Bertz CT molecular complexity index is 1480. The number of aryl methyl sites for hydroxylation is 1. The van der Waals surface area contributed by atoms with Crippen LogP contribution in [0.1, 0.15) is 30.5 Å². The topological polar surface area (TPSA) is 71.3 Å². The maximum absolute atomic E-state index is 12.8. The molecule has 6 heteroatoms. The lowest BCUT2D eigenvalue weighted by Crippen LogP contribution is -2.13. The van der Waals surface area contributed by atoms with Gasteiger partial charge in [0.2, 0.25) is 0 Å². The van der Waals surface area contributed by atoms with Gasteiger partial charge in [0.1, 0.15) is 18.2 Å². The molecular formula is C31H27IN2O3. The molecule has 1 N–H and O–H groups in total. The first-order chi connectivity index (χ1) is 18.0. The van der Waals surface area contributed by atoms with Crippen LogP contribution in [-0.2, 0) is 17.8 Å². The van der Waals surface area contributed by atoms with Gasteiger partial charge in [-0.15, -0.1) is 0 Å². The van der Waals surface area contributed by atoms with Crippen molar-refractivity contribution in [3.8, 4) is 17.6 Å². The molecule has 0 aliphatic rings. The molecular weight excluding hydrogens is 575 g/mol. The Balaban J connectivity index is 1.57. The molecule has 0 aliphatic heterocycles. The predicted octanol–water partition coefficient (Wildman–Crippen LogP) is 7.53. The molecule has 4 aromatic carbocycles. The van der Waals surface area contributed by atoms with Gasteiger partial charge in [0.05, 0.1) is 10.2 Å². The molecule has 0 radical (unpaired) electrons. The summed E-state index contributed by atoms with van der Waals surface area (Å²) in [4.78, 5) is 12.8. The van der Waals surface area contributed by atoms with E-state index in [-0.39, 0.29) is 5.57 Å². The van der Waals surface area contributed by atoms with Crippen molar-refractivity contribution in [2.24, 2.45) is 0 Å². The molecule has 5 nitrogen and oxygen atoms in total. The molecule has 0 aromatic heterocycles. The molecule has 0 atom stereocenters. The zero-order chi connectivity index (χ0) is 26.2. The highest BCUT2D eigenvalue weighted by molar-refractivity contribution is 14.1. The summed E-state index contributed by atoms with van der Waals surface area (Å²) in [6.07, 6.45) is 2.48. The van der Waals surface area contributed by atoms with Gasteiger partial charge in [-0.25, -0.2) is 0 Å². The molecule has 4 rings (SSSR count). The fourth-order valence-electron chi connectivity index (χ4n) is 3.98. The summed E-state index contributed by atoms with van der Waals surface area (Å²) in [5.41, 5.74) is 3.58. The van der Waals surface area contributed by atoms with Crippen LogP contribution in [-0.4, -0.2) is 12.5 Å². The van der Waals surface area contributed by atoms with Crippen LogP contribution in [0.2, 0.25) is 0 Å². The molecule has 0 saturated carbocycles. The highest BCUT2D eigenvalue weighted by Crippen LogP contribution is 2.36. The molecule has 0 unspecified atom stereocenters. The van der Waals surface area contributed by atoms with E-state index in [1.807, 2.05) is 61.5 Å². The number of amides is 1. The maximum atomic E-state index is 12.8. The van der Waals surface area contributed by atoms with E-state index in [0.29, 0.717) is 36.0 Å². The largest absolute Gasteiger partial charge is 0.490 e. The molecule has 4 aromatic rings.